The molecule has 2 rings (SSSR count). The van der Waals surface area contributed by atoms with Gasteiger partial charge in [-0.3, -0.25) is 4.79 Å². The van der Waals surface area contributed by atoms with Gasteiger partial charge in [-0.05, 0) is 25.0 Å². The van der Waals surface area contributed by atoms with Crippen molar-refractivity contribution in [1.29, 1.82) is 0 Å². The van der Waals surface area contributed by atoms with E-state index in [1.165, 1.54) is 12.1 Å². The molecule has 1 aromatic rings. The number of rotatable bonds is 2. The molecule has 1 aromatic carbocycles. The summed E-state index contributed by atoms with van der Waals surface area (Å²) in [5, 5.41) is 2.61. The molecule has 0 aliphatic heterocycles. The number of para-hydroxylation sites is 1. The van der Waals surface area contributed by atoms with Crippen LogP contribution in [0.5, 0.6) is 0 Å². The molecule has 0 unspecified atom stereocenters. The Morgan fingerprint density at radius 2 is 2.21 bits per heavy atom. The summed E-state index contributed by atoms with van der Waals surface area (Å²) in [4.78, 5) is 11.3. The number of nitrogens with two attached hydrogens (primary N) is 1. The van der Waals surface area contributed by atoms with E-state index < -0.39 is 5.82 Å². The summed E-state index contributed by atoms with van der Waals surface area (Å²) < 4.78 is 13.0. The predicted molar refractivity (Wildman–Crippen MR) is 52.2 cm³/mol. The summed E-state index contributed by atoms with van der Waals surface area (Å²) in [6, 6.07) is 4.38. The third kappa shape index (κ3) is 1.69. The Balaban J connectivity index is 2.15. The second kappa shape index (κ2) is 3.29. The fourth-order valence-electron chi connectivity index (χ4n) is 1.23. The van der Waals surface area contributed by atoms with Crippen molar-refractivity contribution in [2.75, 3.05) is 11.1 Å². The van der Waals surface area contributed by atoms with Gasteiger partial charge >= 0.3 is 0 Å². The Morgan fingerprint density at radius 1 is 1.50 bits per heavy atom. The van der Waals surface area contributed by atoms with E-state index >= 15 is 0 Å². The van der Waals surface area contributed by atoms with Crippen LogP contribution in [0.3, 0.4) is 0 Å². The summed E-state index contributed by atoms with van der Waals surface area (Å²) in [6.45, 7) is 0. The van der Waals surface area contributed by atoms with Crippen LogP contribution in [0.1, 0.15) is 12.8 Å². The van der Waals surface area contributed by atoms with E-state index in [0.29, 0.717) is 5.69 Å². The quantitative estimate of drug-likeness (QED) is 0.705. The molecule has 3 nitrogen and oxygen atoms in total. The Bertz CT molecular complexity index is 374. The lowest BCUT2D eigenvalue weighted by Gasteiger charge is -2.07. The maximum Gasteiger partial charge on any atom is 0.227 e. The third-order valence-electron chi connectivity index (χ3n) is 2.26. The molecule has 0 bridgehead atoms. The van der Waals surface area contributed by atoms with Crippen molar-refractivity contribution in [3.05, 3.63) is 24.0 Å². The van der Waals surface area contributed by atoms with Gasteiger partial charge < -0.3 is 11.1 Å². The van der Waals surface area contributed by atoms with Crippen LogP contribution in [0, 0.1) is 11.7 Å². The molecule has 1 aliphatic rings. The molecule has 0 radical (unpaired) electrons. The van der Waals surface area contributed by atoms with Crippen LogP contribution in [0.15, 0.2) is 18.2 Å². The van der Waals surface area contributed by atoms with E-state index in [1.54, 1.807) is 6.07 Å². The van der Waals surface area contributed by atoms with Crippen LogP contribution >= 0.6 is 0 Å². The highest BCUT2D eigenvalue weighted by Gasteiger charge is 2.29. The van der Waals surface area contributed by atoms with Gasteiger partial charge in [-0.2, -0.15) is 0 Å². The van der Waals surface area contributed by atoms with Gasteiger partial charge in [0.05, 0.1) is 11.4 Å². The lowest BCUT2D eigenvalue weighted by Crippen LogP contribution is -2.14. The molecule has 0 heterocycles. The number of nitrogens with one attached hydrogen (secondary N) is 1. The number of carbonyl (C=O) groups excluding carboxylic acids is 1. The average Bonchev–Trinajstić information content (AvgIpc) is 2.95. The van der Waals surface area contributed by atoms with E-state index in [4.69, 9.17) is 5.73 Å². The number of benzene rings is 1. The summed E-state index contributed by atoms with van der Waals surface area (Å²) in [6.07, 6.45) is 1.84. The summed E-state index contributed by atoms with van der Waals surface area (Å²) >= 11 is 0. The maximum atomic E-state index is 13.0. The Morgan fingerprint density at radius 3 is 2.86 bits per heavy atom. The summed E-state index contributed by atoms with van der Waals surface area (Å²) in [5.41, 5.74) is 5.83. The minimum Gasteiger partial charge on any atom is -0.395 e. The molecule has 1 aliphatic carbocycles. The molecule has 3 N–H and O–H groups in total. The van der Waals surface area contributed by atoms with E-state index in [2.05, 4.69) is 5.32 Å². The number of hydrogen-bond donors (Lipinski definition) is 2. The van der Waals surface area contributed by atoms with Gasteiger partial charge in [-0.1, -0.05) is 6.07 Å². The summed E-state index contributed by atoms with van der Waals surface area (Å²) in [7, 11) is 0. The van der Waals surface area contributed by atoms with Crippen LogP contribution in [-0.2, 0) is 4.79 Å². The number of nitrogen functional groups attached to an aromatic ring is 1. The van der Waals surface area contributed by atoms with Gasteiger partial charge in [0, 0.05) is 5.92 Å². The van der Waals surface area contributed by atoms with Gasteiger partial charge in [-0.15, -0.1) is 0 Å². The highest BCUT2D eigenvalue weighted by Crippen LogP contribution is 2.31. The average molecular weight is 194 g/mol. The standard InChI is InChI=1S/C10H11FN2O/c11-7-2-1-3-8(9(7)12)13-10(14)6-4-5-6/h1-3,6H,4-5,12H2,(H,13,14). The number of carbonyl (C=O) groups is 1. The first-order chi connectivity index (χ1) is 6.68. The molecular weight excluding hydrogens is 183 g/mol. The van der Waals surface area contributed by atoms with Crippen LogP contribution < -0.4 is 11.1 Å². The SMILES string of the molecule is Nc1c(F)cccc1NC(=O)C1CC1. The normalized spacial score (nSPS) is 15.2. The molecule has 1 fully saturated rings. The zero-order valence-corrected chi connectivity index (χ0v) is 7.59. The van der Waals surface area contributed by atoms with Crippen molar-refractivity contribution in [1.82, 2.24) is 0 Å². The molecule has 0 aromatic heterocycles. The number of amides is 1. The van der Waals surface area contributed by atoms with E-state index in [1.807, 2.05) is 0 Å². The highest BCUT2D eigenvalue weighted by molar-refractivity contribution is 5.96. The second-order valence-electron chi connectivity index (χ2n) is 3.46. The van der Waals surface area contributed by atoms with Crippen molar-refractivity contribution in [3.63, 3.8) is 0 Å². The van der Waals surface area contributed by atoms with Crippen molar-refractivity contribution in [2.45, 2.75) is 12.8 Å². The molecule has 0 atom stereocenters. The van der Waals surface area contributed by atoms with E-state index in [-0.39, 0.29) is 17.5 Å². The topological polar surface area (TPSA) is 55.1 Å². The highest BCUT2D eigenvalue weighted by atomic mass is 19.1. The largest absolute Gasteiger partial charge is 0.395 e. The van der Waals surface area contributed by atoms with Crippen LogP contribution in [0.4, 0.5) is 15.8 Å². The van der Waals surface area contributed by atoms with Crippen LogP contribution in [0.2, 0.25) is 0 Å². The minimum absolute atomic E-state index is 0.00139. The first-order valence-electron chi connectivity index (χ1n) is 4.53. The summed E-state index contributed by atoms with van der Waals surface area (Å²) in [5.74, 6) is -0.474. The lowest BCUT2D eigenvalue weighted by atomic mass is 10.2. The number of anilines is 2. The molecule has 14 heavy (non-hydrogen) atoms. The Labute approximate surface area is 81.1 Å². The zero-order chi connectivity index (χ0) is 10.1. The molecule has 0 spiro atoms. The molecular formula is C10H11FN2O. The molecule has 4 heteroatoms. The smallest absolute Gasteiger partial charge is 0.227 e. The molecule has 1 saturated carbocycles. The Kier molecular flexibility index (Phi) is 2.11. The molecule has 74 valence electrons. The first kappa shape index (κ1) is 8.99. The maximum absolute atomic E-state index is 13.0. The van der Waals surface area contributed by atoms with Gasteiger partial charge in [0.1, 0.15) is 5.82 Å². The van der Waals surface area contributed by atoms with Crippen LogP contribution in [0.25, 0.3) is 0 Å². The fourth-order valence-corrected chi connectivity index (χ4v) is 1.23. The minimum atomic E-state index is -0.501. The lowest BCUT2D eigenvalue weighted by molar-refractivity contribution is -0.117. The fraction of sp³-hybridized carbons (Fsp3) is 0.300. The van der Waals surface area contributed by atoms with Crippen molar-refractivity contribution >= 4 is 17.3 Å². The third-order valence-corrected chi connectivity index (χ3v) is 2.26. The van der Waals surface area contributed by atoms with Gasteiger partial charge in [-0.25, -0.2) is 4.39 Å². The van der Waals surface area contributed by atoms with Gasteiger partial charge in [0.2, 0.25) is 5.91 Å². The monoisotopic (exact) mass is 194 g/mol. The van der Waals surface area contributed by atoms with Crippen molar-refractivity contribution in [2.24, 2.45) is 5.92 Å². The first-order valence-corrected chi connectivity index (χ1v) is 4.53. The van der Waals surface area contributed by atoms with Gasteiger partial charge in [0.15, 0.2) is 0 Å². The predicted octanol–water partition coefficient (Wildman–Crippen LogP) is 1.76. The van der Waals surface area contributed by atoms with Crippen molar-refractivity contribution < 1.29 is 9.18 Å². The molecule has 1 amide bonds. The Hall–Kier alpha value is -1.58. The zero-order valence-electron chi connectivity index (χ0n) is 7.59. The number of halogens is 1. The number of hydrogen-bond acceptors (Lipinski definition) is 2. The van der Waals surface area contributed by atoms with Crippen molar-refractivity contribution in [3.8, 4) is 0 Å². The van der Waals surface area contributed by atoms with E-state index in [9.17, 15) is 9.18 Å². The molecule has 0 saturated heterocycles. The van der Waals surface area contributed by atoms with E-state index in [0.717, 1.165) is 12.8 Å². The van der Waals surface area contributed by atoms with Gasteiger partial charge in [0.25, 0.3) is 0 Å². The second-order valence-corrected chi connectivity index (χ2v) is 3.46. The van der Waals surface area contributed by atoms with Crippen LogP contribution in [-0.4, -0.2) is 5.91 Å².